The lowest BCUT2D eigenvalue weighted by molar-refractivity contribution is 0.0853. The molecule has 0 atom stereocenters. The van der Waals surface area contributed by atoms with Gasteiger partial charge in [-0.3, -0.25) is 4.79 Å². The van der Waals surface area contributed by atoms with Crippen molar-refractivity contribution < 1.29 is 14.3 Å². The Bertz CT molecular complexity index is 495. The monoisotopic (exact) mass is 311 g/mol. The van der Waals surface area contributed by atoms with Crippen LogP contribution in [0.3, 0.4) is 0 Å². The lowest BCUT2D eigenvalue weighted by Gasteiger charge is -2.41. The van der Waals surface area contributed by atoms with Crippen LogP contribution >= 0.6 is 11.6 Å². The lowest BCUT2D eigenvalue weighted by Crippen LogP contribution is -2.55. The molecule has 1 aromatic carbocycles. The molecule has 0 aliphatic heterocycles. The Morgan fingerprint density at radius 3 is 2.43 bits per heavy atom. The third kappa shape index (κ3) is 3.62. The number of alkyl halides is 1. The molecule has 1 aromatic rings. The van der Waals surface area contributed by atoms with Gasteiger partial charge in [0.05, 0.1) is 18.8 Å². The summed E-state index contributed by atoms with van der Waals surface area (Å²) in [7, 11) is 0. The molecule has 0 unspecified atom stereocenters. The van der Waals surface area contributed by atoms with Crippen molar-refractivity contribution in [2.24, 2.45) is 0 Å². The number of benzene rings is 1. The van der Waals surface area contributed by atoms with Crippen LogP contribution in [0.5, 0.6) is 11.5 Å². The Balaban J connectivity index is 2.15. The summed E-state index contributed by atoms with van der Waals surface area (Å²) in [4.78, 5) is 12.4. The Kier molecular flexibility index (Phi) is 5.34. The molecule has 0 saturated heterocycles. The van der Waals surface area contributed by atoms with Crippen molar-refractivity contribution in [2.75, 3.05) is 19.1 Å². The van der Waals surface area contributed by atoms with Crippen LogP contribution in [0.15, 0.2) is 18.2 Å². The SMILES string of the molecule is CCOc1ccc(C(=O)NC2(CCl)CCC2)cc1OCC. The Hall–Kier alpha value is -1.42. The van der Waals surface area contributed by atoms with Crippen LogP contribution < -0.4 is 14.8 Å². The van der Waals surface area contributed by atoms with E-state index < -0.39 is 0 Å². The van der Waals surface area contributed by atoms with Crippen molar-refractivity contribution >= 4 is 17.5 Å². The van der Waals surface area contributed by atoms with Gasteiger partial charge in [0.15, 0.2) is 11.5 Å². The second kappa shape index (κ2) is 7.03. The highest BCUT2D eigenvalue weighted by Crippen LogP contribution is 2.34. The van der Waals surface area contributed by atoms with Gasteiger partial charge in [0, 0.05) is 11.4 Å². The molecule has 116 valence electrons. The number of amides is 1. The molecule has 1 fully saturated rings. The maximum atomic E-state index is 12.4. The largest absolute Gasteiger partial charge is 0.490 e. The molecule has 0 radical (unpaired) electrons. The third-order valence-corrected chi connectivity index (χ3v) is 4.26. The van der Waals surface area contributed by atoms with E-state index in [1.165, 1.54) is 0 Å². The molecule has 0 spiro atoms. The number of hydrogen-bond acceptors (Lipinski definition) is 3. The first-order chi connectivity index (χ1) is 10.1. The topological polar surface area (TPSA) is 47.6 Å². The Labute approximate surface area is 130 Å². The van der Waals surface area contributed by atoms with Gasteiger partial charge in [-0.05, 0) is 51.3 Å². The van der Waals surface area contributed by atoms with Crippen molar-refractivity contribution in [3.05, 3.63) is 23.8 Å². The number of hydrogen-bond donors (Lipinski definition) is 1. The van der Waals surface area contributed by atoms with Crippen molar-refractivity contribution in [2.45, 2.75) is 38.6 Å². The van der Waals surface area contributed by atoms with Crippen LogP contribution in [-0.4, -0.2) is 30.5 Å². The van der Waals surface area contributed by atoms with E-state index in [0.29, 0.717) is 36.2 Å². The first-order valence-corrected chi connectivity index (χ1v) is 7.95. The van der Waals surface area contributed by atoms with Gasteiger partial charge >= 0.3 is 0 Å². The molecular formula is C16H22ClNO3. The van der Waals surface area contributed by atoms with Crippen LogP contribution in [0.4, 0.5) is 0 Å². The summed E-state index contributed by atoms with van der Waals surface area (Å²) in [5, 5.41) is 3.05. The molecule has 1 saturated carbocycles. The Morgan fingerprint density at radius 2 is 1.90 bits per heavy atom. The molecule has 4 nitrogen and oxygen atoms in total. The van der Waals surface area contributed by atoms with E-state index >= 15 is 0 Å². The van der Waals surface area contributed by atoms with E-state index in [0.717, 1.165) is 19.3 Å². The average Bonchev–Trinajstić information content (AvgIpc) is 2.45. The number of ether oxygens (including phenoxy) is 2. The second-order valence-corrected chi connectivity index (χ2v) is 5.52. The van der Waals surface area contributed by atoms with Crippen molar-refractivity contribution in [1.82, 2.24) is 5.32 Å². The van der Waals surface area contributed by atoms with E-state index in [4.69, 9.17) is 21.1 Å². The molecule has 0 aromatic heterocycles. The summed E-state index contributed by atoms with van der Waals surface area (Å²) in [5.41, 5.74) is 0.335. The smallest absolute Gasteiger partial charge is 0.251 e. The van der Waals surface area contributed by atoms with Gasteiger partial charge in [0.25, 0.3) is 5.91 Å². The minimum Gasteiger partial charge on any atom is -0.490 e. The number of nitrogens with one attached hydrogen (secondary N) is 1. The predicted molar refractivity (Wildman–Crippen MR) is 83.5 cm³/mol. The molecule has 0 bridgehead atoms. The van der Waals surface area contributed by atoms with Gasteiger partial charge in [-0.15, -0.1) is 11.6 Å². The number of rotatable bonds is 7. The fourth-order valence-electron chi connectivity index (χ4n) is 2.40. The molecule has 0 heterocycles. The zero-order valence-corrected chi connectivity index (χ0v) is 13.3. The highest BCUT2D eigenvalue weighted by Gasteiger charge is 2.37. The van der Waals surface area contributed by atoms with Gasteiger partial charge in [0.1, 0.15) is 0 Å². The number of carbonyl (C=O) groups is 1. The van der Waals surface area contributed by atoms with Crippen molar-refractivity contribution in [1.29, 1.82) is 0 Å². The van der Waals surface area contributed by atoms with E-state index in [1.54, 1.807) is 18.2 Å². The van der Waals surface area contributed by atoms with Crippen LogP contribution in [0.25, 0.3) is 0 Å². The number of halogens is 1. The third-order valence-electron chi connectivity index (χ3n) is 3.75. The van der Waals surface area contributed by atoms with Gasteiger partial charge in [0.2, 0.25) is 0 Å². The molecule has 1 N–H and O–H groups in total. The molecular weight excluding hydrogens is 290 g/mol. The fourth-order valence-corrected chi connectivity index (χ4v) is 2.74. The summed E-state index contributed by atoms with van der Waals surface area (Å²) in [5.74, 6) is 1.60. The maximum Gasteiger partial charge on any atom is 0.251 e. The lowest BCUT2D eigenvalue weighted by atomic mass is 9.78. The molecule has 1 amide bonds. The van der Waals surface area contributed by atoms with Crippen LogP contribution in [0, 0.1) is 0 Å². The quantitative estimate of drug-likeness (QED) is 0.785. The highest BCUT2D eigenvalue weighted by atomic mass is 35.5. The van der Waals surface area contributed by atoms with Crippen LogP contribution in [0.2, 0.25) is 0 Å². The zero-order chi connectivity index (χ0) is 15.3. The Morgan fingerprint density at radius 1 is 1.24 bits per heavy atom. The van der Waals surface area contributed by atoms with Crippen molar-refractivity contribution in [3.8, 4) is 11.5 Å². The van der Waals surface area contributed by atoms with Gasteiger partial charge in [-0.1, -0.05) is 0 Å². The second-order valence-electron chi connectivity index (χ2n) is 5.25. The van der Waals surface area contributed by atoms with Gasteiger partial charge < -0.3 is 14.8 Å². The molecule has 5 heteroatoms. The zero-order valence-electron chi connectivity index (χ0n) is 12.6. The fraction of sp³-hybridized carbons (Fsp3) is 0.562. The summed E-state index contributed by atoms with van der Waals surface area (Å²) in [6.45, 7) is 4.90. The van der Waals surface area contributed by atoms with Crippen molar-refractivity contribution in [3.63, 3.8) is 0 Å². The molecule has 21 heavy (non-hydrogen) atoms. The average molecular weight is 312 g/mol. The van der Waals surface area contributed by atoms with E-state index in [1.807, 2.05) is 13.8 Å². The number of carbonyl (C=O) groups excluding carboxylic acids is 1. The minimum atomic E-state index is -0.233. The summed E-state index contributed by atoms with van der Waals surface area (Å²) in [6.07, 6.45) is 3.00. The first kappa shape index (κ1) is 16.0. The molecule has 2 rings (SSSR count). The predicted octanol–water partition coefficient (Wildman–Crippen LogP) is 3.38. The highest BCUT2D eigenvalue weighted by molar-refractivity contribution is 6.19. The normalized spacial score (nSPS) is 16.0. The van der Waals surface area contributed by atoms with Gasteiger partial charge in [-0.2, -0.15) is 0 Å². The summed E-state index contributed by atoms with van der Waals surface area (Å²) in [6, 6.07) is 5.26. The maximum absolute atomic E-state index is 12.4. The van der Waals surface area contributed by atoms with E-state index in [9.17, 15) is 4.79 Å². The first-order valence-electron chi connectivity index (χ1n) is 7.42. The van der Waals surface area contributed by atoms with Crippen LogP contribution in [-0.2, 0) is 0 Å². The molecule has 1 aliphatic carbocycles. The summed E-state index contributed by atoms with van der Waals surface area (Å²) >= 11 is 5.98. The van der Waals surface area contributed by atoms with E-state index in [2.05, 4.69) is 5.32 Å². The summed E-state index contributed by atoms with van der Waals surface area (Å²) < 4.78 is 11.0. The van der Waals surface area contributed by atoms with E-state index in [-0.39, 0.29) is 11.4 Å². The van der Waals surface area contributed by atoms with Crippen LogP contribution in [0.1, 0.15) is 43.5 Å². The molecule has 1 aliphatic rings. The van der Waals surface area contributed by atoms with Gasteiger partial charge in [-0.25, -0.2) is 0 Å². The standard InChI is InChI=1S/C16H22ClNO3/c1-3-20-13-7-6-12(10-14(13)21-4-2)15(19)18-16(11-17)8-5-9-16/h6-7,10H,3-5,8-9,11H2,1-2H3,(H,18,19). The minimum absolute atomic E-state index is 0.112.